The van der Waals surface area contributed by atoms with Crippen LogP contribution in [0.5, 0.6) is 11.5 Å². The number of piperidine rings is 1. The van der Waals surface area contributed by atoms with Crippen LogP contribution in [0.25, 0.3) is 22.2 Å². The van der Waals surface area contributed by atoms with E-state index in [-0.39, 0.29) is 21.6 Å². The Morgan fingerprint density at radius 1 is 1.09 bits per heavy atom. The summed E-state index contributed by atoms with van der Waals surface area (Å²) in [6.07, 6.45) is 5.94. The molecule has 0 unspecified atom stereocenters. The predicted octanol–water partition coefficient (Wildman–Crippen LogP) is 6.64. The van der Waals surface area contributed by atoms with Gasteiger partial charge < -0.3 is 25.0 Å². The van der Waals surface area contributed by atoms with E-state index in [4.69, 9.17) is 37.7 Å². The average molecular weight is 636 g/mol. The van der Waals surface area contributed by atoms with Crippen molar-refractivity contribution in [1.82, 2.24) is 19.4 Å². The van der Waals surface area contributed by atoms with E-state index in [0.717, 1.165) is 37.2 Å². The monoisotopic (exact) mass is 634 g/mol. The maximum absolute atomic E-state index is 14.3. The van der Waals surface area contributed by atoms with Crippen molar-refractivity contribution >= 4 is 45.9 Å². The van der Waals surface area contributed by atoms with Crippen LogP contribution in [0, 0.1) is 0 Å². The number of likely N-dealkylation sites (tertiary alicyclic amines) is 1. The van der Waals surface area contributed by atoms with Crippen molar-refractivity contribution in [2.45, 2.75) is 31.8 Å². The average Bonchev–Trinajstić information content (AvgIpc) is 3.03. The van der Waals surface area contributed by atoms with Gasteiger partial charge in [0.05, 0.1) is 29.8 Å². The Morgan fingerprint density at radius 3 is 2.36 bits per heavy atom. The zero-order chi connectivity index (χ0) is 31.4. The van der Waals surface area contributed by atoms with Gasteiger partial charge >= 0.3 is 0 Å². The molecular weight excluding hydrogens is 599 g/mol. The molecule has 9 nitrogen and oxygen atoms in total. The summed E-state index contributed by atoms with van der Waals surface area (Å²) in [7, 11) is 5.12. The number of fused-ring (bicyclic) bond motifs is 1. The van der Waals surface area contributed by atoms with Crippen molar-refractivity contribution in [2.75, 3.05) is 45.0 Å². The van der Waals surface area contributed by atoms with E-state index in [0.29, 0.717) is 58.3 Å². The summed E-state index contributed by atoms with van der Waals surface area (Å²) >= 11 is 13.5. The molecule has 1 saturated heterocycles. The van der Waals surface area contributed by atoms with Crippen molar-refractivity contribution in [3.8, 4) is 22.6 Å². The number of methoxy groups -OCH3 is 2. The van der Waals surface area contributed by atoms with Crippen LogP contribution < -0.4 is 25.7 Å². The number of hydrogen-bond acceptors (Lipinski definition) is 8. The van der Waals surface area contributed by atoms with E-state index >= 15 is 0 Å². The van der Waals surface area contributed by atoms with Crippen LogP contribution in [0.1, 0.15) is 18.4 Å². The molecule has 1 aliphatic heterocycles. The quantitative estimate of drug-likeness (QED) is 0.177. The van der Waals surface area contributed by atoms with E-state index in [1.54, 1.807) is 29.0 Å². The first-order valence-electron chi connectivity index (χ1n) is 14.4. The minimum absolute atomic E-state index is 0.215. The Kier molecular flexibility index (Phi) is 9.78. The highest BCUT2D eigenvalue weighted by Crippen LogP contribution is 2.45. The fraction of sp³-hybridized carbons (Fsp3) is 0.303. The molecule has 0 bridgehead atoms. The van der Waals surface area contributed by atoms with Gasteiger partial charge in [-0.1, -0.05) is 48.5 Å². The number of pyridine rings is 1. The van der Waals surface area contributed by atoms with Crippen molar-refractivity contribution in [1.29, 1.82) is 0 Å². The first kappa shape index (κ1) is 31.4. The van der Waals surface area contributed by atoms with E-state index < -0.39 is 0 Å². The molecule has 0 aliphatic carbocycles. The van der Waals surface area contributed by atoms with Crippen LogP contribution in [0.4, 0.5) is 11.6 Å². The number of rotatable bonds is 11. The third-order valence-electron chi connectivity index (χ3n) is 7.85. The van der Waals surface area contributed by atoms with E-state index in [9.17, 15) is 4.79 Å². The molecule has 1 fully saturated rings. The summed E-state index contributed by atoms with van der Waals surface area (Å²) in [6, 6.07) is 11.5. The second-order valence-corrected chi connectivity index (χ2v) is 11.6. The zero-order valence-electron chi connectivity index (χ0n) is 25.1. The second kappa shape index (κ2) is 13.7. The maximum atomic E-state index is 14.3. The van der Waals surface area contributed by atoms with Crippen molar-refractivity contribution < 1.29 is 9.47 Å². The van der Waals surface area contributed by atoms with Crippen LogP contribution in [0.3, 0.4) is 0 Å². The zero-order valence-corrected chi connectivity index (χ0v) is 26.6. The number of hydrogen-bond donors (Lipinski definition) is 2. The summed E-state index contributed by atoms with van der Waals surface area (Å²) in [6.45, 7) is 9.99. The van der Waals surface area contributed by atoms with Gasteiger partial charge in [-0.05, 0) is 69.2 Å². The molecule has 1 aliphatic rings. The molecule has 44 heavy (non-hydrogen) atoms. The number of allylic oxidation sites excluding steroid dienone is 1. The minimum Gasteiger partial charge on any atom is -0.495 e. The van der Waals surface area contributed by atoms with Crippen molar-refractivity contribution in [3.63, 3.8) is 0 Å². The molecule has 0 atom stereocenters. The lowest BCUT2D eigenvalue weighted by molar-refractivity contribution is 0.263. The number of halogens is 2. The van der Waals surface area contributed by atoms with Crippen molar-refractivity contribution in [3.05, 3.63) is 93.5 Å². The lowest BCUT2D eigenvalue weighted by Crippen LogP contribution is -2.37. The standard InChI is InChI=1S/C33H36Cl2N6O3/c1-6-20(2)37-23-9-7-21(8-10-23)11-16-41-31-22(19-36-33(39-31)38-24-12-14-40(3)15-13-24)17-25(32(41)42)28-29(34)26(43-4)18-27(44-5)30(28)35/h6-10,17-19,24,37H,1-2,11-16H2,3-5H3,(H,36,38,39). The maximum Gasteiger partial charge on any atom is 0.260 e. The van der Waals surface area contributed by atoms with Gasteiger partial charge in [-0.15, -0.1) is 0 Å². The van der Waals surface area contributed by atoms with Gasteiger partial charge in [0.1, 0.15) is 17.1 Å². The number of nitrogens with zero attached hydrogens (tertiary/aromatic N) is 4. The lowest BCUT2D eigenvalue weighted by Gasteiger charge is -2.29. The topological polar surface area (TPSA) is 93.5 Å². The Balaban J connectivity index is 1.58. The number of ether oxygens (including phenoxy) is 2. The van der Waals surface area contributed by atoms with Crippen LogP contribution >= 0.6 is 23.2 Å². The molecule has 0 radical (unpaired) electrons. The van der Waals surface area contributed by atoms with Gasteiger partial charge in [0.2, 0.25) is 5.95 Å². The Morgan fingerprint density at radius 2 is 1.75 bits per heavy atom. The van der Waals surface area contributed by atoms with Gasteiger partial charge in [0.25, 0.3) is 5.56 Å². The van der Waals surface area contributed by atoms with Gasteiger partial charge in [-0.2, -0.15) is 4.98 Å². The Hall–Kier alpha value is -4.05. The summed E-state index contributed by atoms with van der Waals surface area (Å²) in [4.78, 5) is 26.1. The first-order valence-corrected chi connectivity index (χ1v) is 15.1. The molecule has 11 heteroatoms. The smallest absolute Gasteiger partial charge is 0.260 e. The predicted molar refractivity (Wildman–Crippen MR) is 180 cm³/mol. The SMILES string of the molecule is C=CC(=C)Nc1ccc(CCn2c(=O)c(-c3c(Cl)c(OC)cc(OC)c3Cl)cc3cnc(NC4CCN(C)CC4)nc32)cc1. The summed E-state index contributed by atoms with van der Waals surface area (Å²) < 4.78 is 12.6. The fourth-order valence-electron chi connectivity index (χ4n) is 5.30. The summed E-state index contributed by atoms with van der Waals surface area (Å²) in [5.74, 6) is 1.18. The number of nitrogens with one attached hydrogen (secondary N) is 2. The third-order valence-corrected chi connectivity index (χ3v) is 8.60. The van der Waals surface area contributed by atoms with Gasteiger partial charge in [-0.3, -0.25) is 9.36 Å². The highest BCUT2D eigenvalue weighted by Gasteiger charge is 2.24. The molecule has 4 aromatic rings. The van der Waals surface area contributed by atoms with Gasteiger partial charge in [0, 0.05) is 47.2 Å². The van der Waals surface area contributed by atoms with E-state index in [1.807, 2.05) is 24.3 Å². The van der Waals surface area contributed by atoms with E-state index in [1.165, 1.54) is 14.2 Å². The van der Waals surface area contributed by atoms with Gasteiger partial charge in [-0.25, -0.2) is 4.98 Å². The minimum atomic E-state index is -0.291. The van der Waals surface area contributed by atoms with E-state index in [2.05, 4.69) is 40.7 Å². The van der Waals surface area contributed by atoms with Crippen LogP contribution in [-0.2, 0) is 13.0 Å². The Labute approximate surface area is 267 Å². The molecule has 0 spiro atoms. The Bertz CT molecular complexity index is 1720. The third kappa shape index (κ3) is 6.70. The normalized spacial score (nSPS) is 13.9. The molecule has 5 rings (SSSR count). The summed E-state index contributed by atoms with van der Waals surface area (Å²) in [5.41, 5.74) is 3.51. The highest BCUT2D eigenvalue weighted by molar-refractivity contribution is 6.41. The van der Waals surface area contributed by atoms with Crippen LogP contribution in [0.15, 0.2) is 72.3 Å². The second-order valence-electron chi connectivity index (χ2n) is 10.8. The molecule has 0 amide bonds. The molecule has 3 heterocycles. The lowest BCUT2D eigenvalue weighted by atomic mass is 10.0. The molecule has 0 saturated carbocycles. The molecule has 230 valence electrons. The number of benzene rings is 2. The molecular formula is C33H36Cl2N6O3. The fourth-order valence-corrected chi connectivity index (χ4v) is 6.01. The molecule has 2 aromatic carbocycles. The van der Waals surface area contributed by atoms with Crippen molar-refractivity contribution in [2.24, 2.45) is 0 Å². The molecule has 2 aromatic heterocycles. The van der Waals surface area contributed by atoms with Gasteiger partial charge in [0.15, 0.2) is 0 Å². The molecule has 2 N–H and O–H groups in total. The number of anilines is 2. The highest BCUT2D eigenvalue weighted by atomic mass is 35.5. The first-order chi connectivity index (χ1) is 21.2. The summed E-state index contributed by atoms with van der Waals surface area (Å²) in [5, 5.41) is 7.76. The van der Waals surface area contributed by atoms with Crippen LogP contribution in [-0.4, -0.2) is 59.8 Å². The number of aryl methyl sites for hydroxylation is 2. The number of aromatic nitrogens is 3. The van der Waals surface area contributed by atoms with Crippen LogP contribution in [0.2, 0.25) is 10.0 Å². The largest absolute Gasteiger partial charge is 0.495 e.